The fraction of sp³-hybridized carbons (Fsp3) is 0.517. The Labute approximate surface area is 461 Å². The summed E-state index contributed by atoms with van der Waals surface area (Å²) in [6.07, 6.45) is 15.7. The van der Waals surface area contributed by atoms with Gasteiger partial charge in [0.15, 0.2) is 0 Å². The van der Waals surface area contributed by atoms with Gasteiger partial charge >= 0.3 is 0 Å². The van der Waals surface area contributed by atoms with Crippen LogP contribution in [0, 0.1) is 5.92 Å². The standard InChI is InChI=1S/C60H80N10O7.5H2/c1-4-43-34-52-53(66-57(43)72)32-42(36-64-52)40-68-28-30-69(31-29-68)49-22-24-51(65-38-49)59(74)62-25-12-7-6-8-13-26-63-60(75)56(44-16-10-9-11-17-44)67-58(73)46-19-14-18-45(33-46)48-20-15-27-70(41-48)55(71)39-61-37-47-21-23-50(76-3)35-54(47)77-5-2;;;;;/h14,18-19,21-24,32-36,38,44,48,56,61H,4-13,15-17,20,25-31,37,39-41H2,1-3H3,(H,62,74)(H,63,75)(H,66,72)(H,67,73);5*1H/t48?,56-;;;;;/m0...../s1. The summed E-state index contributed by atoms with van der Waals surface area (Å²) in [5, 5.41) is 12.6. The molecule has 5 N–H and O–H groups in total. The number of methoxy groups -OCH3 is 1. The molecule has 1 aliphatic carbocycles. The molecule has 3 fully saturated rings. The SMILES string of the molecule is CCOc1cc(OC)ccc1CNCC(=O)N1CCCC(c2cccc(C(=O)N[C@H](C(=O)NCCCCCCCNC(=O)c3ccc(N4CCN(Cc5cnc6cc(CC)c(=O)[nH]c6c5)CC4)cn3)C3CCCCC3)c2)C1.[HH].[HH].[HH].[HH].[HH]. The molecule has 2 aliphatic heterocycles. The van der Waals surface area contributed by atoms with Gasteiger partial charge in [-0.2, -0.15) is 0 Å². The van der Waals surface area contributed by atoms with Crippen molar-refractivity contribution in [2.24, 2.45) is 5.92 Å². The Morgan fingerprint density at radius 3 is 2.34 bits per heavy atom. The van der Waals surface area contributed by atoms with Crippen molar-refractivity contribution < 1.29 is 35.8 Å². The van der Waals surface area contributed by atoms with E-state index < -0.39 is 6.04 Å². The van der Waals surface area contributed by atoms with Gasteiger partial charge in [0.25, 0.3) is 17.4 Å². The summed E-state index contributed by atoms with van der Waals surface area (Å²) in [5.74, 6) is 1.12. The first kappa shape index (κ1) is 56.4. The van der Waals surface area contributed by atoms with Gasteiger partial charge in [0.2, 0.25) is 11.8 Å². The molecule has 2 atom stereocenters. The first-order valence-corrected chi connectivity index (χ1v) is 28.3. The Balaban J connectivity index is 0.00000353. The van der Waals surface area contributed by atoms with Crippen LogP contribution in [0.2, 0.25) is 0 Å². The Kier molecular flexibility index (Phi) is 20.9. The topological polar surface area (TPSA) is 203 Å². The van der Waals surface area contributed by atoms with Crippen LogP contribution >= 0.6 is 0 Å². The highest BCUT2D eigenvalue weighted by atomic mass is 16.5. The first-order valence-electron chi connectivity index (χ1n) is 28.3. The van der Waals surface area contributed by atoms with Gasteiger partial charge in [0.1, 0.15) is 23.2 Å². The predicted molar refractivity (Wildman–Crippen MR) is 311 cm³/mol. The number of rotatable bonds is 25. The summed E-state index contributed by atoms with van der Waals surface area (Å²) in [6.45, 7) is 11.7. The number of anilines is 1. The number of aryl methyl sites for hydroxylation is 1. The monoisotopic (exact) mass is 1060 g/mol. The molecule has 1 saturated carbocycles. The lowest BCUT2D eigenvalue weighted by molar-refractivity contribution is -0.131. The molecule has 0 bridgehead atoms. The number of carbonyl (C=O) groups excluding carboxylic acids is 4. The molecule has 0 radical (unpaired) electrons. The number of aromatic nitrogens is 3. The van der Waals surface area contributed by atoms with E-state index in [0.29, 0.717) is 57.0 Å². The average Bonchev–Trinajstić information content (AvgIpc) is 3.59. The first-order chi connectivity index (χ1) is 37.6. The summed E-state index contributed by atoms with van der Waals surface area (Å²) >= 11 is 0. The molecule has 17 nitrogen and oxygen atoms in total. The maximum Gasteiger partial charge on any atom is 0.269 e. The van der Waals surface area contributed by atoms with Crippen LogP contribution in [0.25, 0.3) is 11.0 Å². The third kappa shape index (κ3) is 15.9. The molecule has 17 heteroatoms. The highest BCUT2D eigenvalue weighted by molar-refractivity contribution is 5.98. The number of fused-ring (bicyclic) bond motifs is 1. The Hall–Kier alpha value is -6.85. The van der Waals surface area contributed by atoms with Gasteiger partial charge in [0.05, 0.1) is 43.2 Å². The molecule has 77 heavy (non-hydrogen) atoms. The van der Waals surface area contributed by atoms with Gasteiger partial charge in [-0.05, 0) is 111 Å². The molecule has 2 saturated heterocycles. The number of amides is 4. The van der Waals surface area contributed by atoms with E-state index in [4.69, 9.17) is 9.47 Å². The van der Waals surface area contributed by atoms with E-state index in [9.17, 15) is 24.0 Å². The number of piperazine rings is 1. The van der Waals surface area contributed by atoms with Crippen molar-refractivity contribution in [2.45, 2.75) is 122 Å². The Morgan fingerprint density at radius 2 is 1.58 bits per heavy atom. The maximum absolute atomic E-state index is 13.9. The molecule has 8 rings (SSSR count). The minimum Gasteiger partial charge on any atom is -0.497 e. The number of pyridine rings is 3. The number of aromatic amines is 1. The van der Waals surface area contributed by atoms with E-state index >= 15 is 0 Å². The van der Waals surface area contributed by atoms with E-state index in [-0.39, 0.29) is 54.7 Å². The lowest BCUT2D eigenvalue weighted by atomic mass is 9.83. The zero-order chi connectivity index (χ0) is 53.9. The second-order valence-corrected chi connectivity index (χ2v) is 20.9. The summed E-state index contributed by atoms with van der Waals surface area (Å²) in [7, 11) is 1.62. The molecule has 0 spiro atoms. The highest BCUT2D eigenvalue weighted by Crippen LogP contribution is 2.30. The minimum atomic E-state index is -0.606. The number of hydrogen-bond donors (Lipinski definition) is 5. The minimum absolute atomic E-state index is 0. The van der Waals surface area contributed by atoms with Crippen LogP contribution in [0.1, 0.15) is 147 Å². The lowest BCUT2D eigenvalue weighted by Gasteiger charge is -2.36. The quantitative estimate of drug-likeness (QED) is 0.0349. The second kappa shape index (κ2) is 28.5. The van der Waals surface area contributed by atoms with Crippen molar-refractivity contribution in [2.75, 3.05) is 77.5 Å². The Morgan fingerprint density at radius 1 is 0.792 bits per heavy atom. The van der Waals surface area contributed by atoms with E-state index in [0.717, 1.165) is 160 Å². The summed E-state index contributed by atoms with van der Waals surface area (Å²) in [4.78, 5) is 85.0. The molecule has 422 valence electrons. The van der Waals surface area contributed by atoms with Crippen molar-refractivity contribution in [3.63, 3.8) is 0 Å². The third-order valence-electron chi connectivity index (χ3n) is 15.5. The normalized spacial score (nSPS) is 16.7. The lowest BCUT2D eigenvalue weighted by Crippen LogP contribution is -2.51. The predicted octanol–water partition coefficient (Wildman–Crippen LogP) is 8.51. The van der Waals surface area contributed by atoms with Crippen LogP contribution in [0.5, 0.6) is 11.5 Å². The zero-order valence-corrected chi connectivity index (χ0v) is 45.5. The molecular formula is C60H90N10O7. The molecule has 5 heterocycles. The van der Waals surface area contributed by atoms with Crippen LogP contribution in [0.4, 0.5) is 5.69 Å². The van der Waals surface area contributed by atoms with Gasteiger partial charge < -0.3 is 45.5 Å². The van der Waals surface area contributed by atoms with Crippen LogP contribution in [0.15, 0.2) is 83.9 Å². The number of nitrogens with zero attached hydrogens (tertiary/aromatic N) is 5. The molecule has 3 aromatic heterocycles. The summed E-state index contributed by atoms with van der Waals surface area (Å²) < 4.78 is 11.2. The Bertz CT molecular complexity index is 2840. The number of ether oxygens (including phenoxy) is 2. The van der Waals surface area contributed by atoms with Crippen molar-refractivity contribution in [3.05, 3.63) is 123 Å². The molecule has 3 aliphatic rings. The summed E-state index contributed by atoms with van der Waals surface area (Å²) in [6, 6.07) is 20.4. The number of benzene rings is 2. The smallest absolute Gasteiger partial charge is 0.269 e. The fourth-order valence-electron chi connectivity index (χ4n) is 11.1. The average molecular weight is 1060 g/mol. The van der Waals surface area contributed by atoms with Crippen LogP contribution in [-0.4, -0.2) is 127 Å². The van der Waals surface area contributed by atoms with Gasteiger partial charge in [-0.25, -0.2) is 4.98 Å². The van der Waals surface area contributed by atoms with Crippen molar-refractivity contribution >= 4 is 40.3 Å². The number of nitrogens with one attached hydrogen (secondary N) is 5. The largest absolute Gasteiger partial charge is 0.497 e. The molecule has 4 amide bonds. The zero-order valence-electron chi connectivity index (χ0n) is 45.5. The van der Waals surface area contributed by atoms with Crippen molar-refractivity contribution in [1.82, 2.24) is 46.0 Å². The van der Waals surface area contributed by atoms with Gasteiger partial charge in [0, 0.05) is 107 Å². The van der Waals surface area contributed by atoms with Gasteiger partial charge in [-0.15, -0.1) is 0 Å². The van der Waals surface area contributed by atoms with Gasteiger partial charge in [-0.3, -0.25) is 33.9 Å². The van der Waals surface area contributed by atoms with Gasteiger partial charge in [-0.1, -0.05) is 63.6 Å². The summed E-state index contributed by atoms with van der Waals surface area (Å²) in [5.41, 5.74) is 7.23. The number of H-pyrrole nitrogens is 1. The number of unbranched alkanes of at least 4 members (excludes halogenated alkanes) is 4. The second-order valence-electron chi connectivity index (χ2n) is 20.9. The van der Waals surface area contributed by atoms with E-state index in [1.165, 1.54) is 0 Å². The fourth-order valence-corrected chi connectivity index (χ4v) is 11.1. The number of carbonyl (C=O) groups is 4. The highest BCUT2D eigenvalue weighted by Gasteiger charge is 2.32. The van der Waals surface area contributed by atoms with Crippen molar-refractivity contribution in [3.8, 4) is 11.5 Å². The van der Waals surface area contributed by atoms with Crippen molar-refractivity contribution in [1.29, 1.82) is 0 Å². The molecular weight excluding hydrogens is 973 g/mol. The van der Waals surface area contributed by atoms with Crippen LogP contribution < -0.4 is 41.2 Å². The van der Waals surface area contributed by atoms with Crippen LogP contribution in [-0.2, 0) is 29.1 Å². The molecule has 5 aromatic rings. The number of piperidine rings is 1. The van der Waals surface area contributed by atoms with Crippen LogP contribution in [0.3, 0.4) is 0 Å². The number of hydrogen-bond acceptors (Lipinski definition) is 12. The maximum atomic E-state index is 13.9. The number of likely N-dealkylation sites (tertiary alicyclic amines) is 1. The van der Waals surface area contributed by atoms with E-state index in [2.05, 4.69) is 46.0 Å². The molecule has 1 unspecified atom stereocenters. The molecule has 2 aromatic carbocycles. The van der Waals surface area contributed by atoms with E-state index in [1.54, 1.807) is 19.4 Å². The van der Waals surface area contributed by atoms with E-state index in [1.807, 2.05) is 85.6 Å². The third-order valence-corrected chi connectivity index (χ3v) is 15.5.